The average Bonchev–Trinajstić information content (AvgIpc) is 2.86. The Labute approximate surface area is 122 Å². The third-order valence-electron chi connectivity index (χ3n) is 2.49. The van der Waals surface area contributed by atoms with Gasteiger partial charge in [-0.2, -0.15) is 0 Å². The van der Waals surface area contributed by atoms with E-state index in [-0.39, 0.29) is 13.2 Å². The van der Waals surface area contributed by atoms with Gasteiger partial charge in [0.25, 0.3) is 6.43 Å². The van der Waals surface area contributed by atoms with Crippen LogP contribution >= 0.6 is 15.9 Å². The highest BCUT2D eigenvalue weighted by molar-refractivity contribution is 9.10. The monoisotopic (exact) mass is 347 g/mol. The van der Waals surface area contributed by atoms with Gasteiger partial charge < -0.3 is 10.5 Å². The first-order valence-electron chi connectivity index (χ1n) is 5.76. The first kappa shape index (κ1) is 14.8. The van der Waals surface area contributed by atoms with Crippen molar-refractivity contribution in [1.82, 2.24) is 20.2 Å². The molecule has 0 saturated carbocycles. The topological polar surface area (TPSA) is 78.9 Å². The van der Waals surface area contributed by atoms with Crippen LogP contribution in [0.3, 0.4) is 0 Å². The molecule has 0 amide bonds. The van der Waals surface area contributed by atoms with E-state index in [1.165, 1.54) is 4.68 Å². The minimum absolute atomic E-state index is 0.0995. The van der Waals surface area contributed by atoms with Crippen molar-refractivity contribution >= 4 is 21.6 Å². The minimum Gasteiger partial charge on any atom is -0.398 e. The molecule has 2 rings (SSSR count). The molecule has 0 spiro atoms. The van der Waals surface area contributed by atoms with Gasteiger partial charge in [0, 0.05) is 11.3 Å². The van der Waals surface area contributed by atoms with Gasteiger partial charge >= 0.3 is 0 Å². The van der Waals surface area contributed by atoms with Crippen LogP contribution < -0.4 is 5.73 Å². The molecule has 1 heterocycles. The van der Waals surface area contributed by atoms with Gasteiger partial charge in [-0.1, -0.05) is 6.07 Å². The second kappa shape index (κ2) is 6.71. The number of anilines is 1. The molecule has 20 heavy (non-hydrogen) atoms. The summed E-state index contributed by atoms with van der Waals surface area (Å²) >= 11 is 3.37. The number of nitrogens with zero attached hydrogens (tertiary/aromatic N) is 4. The van der Waals surface area contributed by atoms with Crippen LogP contribution in [0.2, 0.25) is 0 Å². The van der Waals surface area contributed by atoms with Gasteiger partial charge in [-0.05, 0) is 38.5 Å². The van der Waals surface area contributed by atoms with Crippen LogP contribution in [0.1, 0.15) is 0 Å². The fraction of sp³-hybridized carbons (Fsp3) is 0.364. The highest BCUT2D eigenvalue weighted by atomic mass is 79.9. The van der Waals surface area contributed by atoms with Gasteiger partial charge in [-0.15, -0.1) is 5.10 Å². The standard InChI is InChI=1S/C11H12BrF2N5O/c12-10-7(2-1-3-8(10)15)11-16-17-18-19(11)4-5-20-6-9(13)14/h1-3,9H,4-6,15H2. The summed E-state index contributed by atoms with van der Waals surface area (Å²) < 4.78 is 30.9. The first-order chi connectivity index (χ1) is 9.59. The van der Waals surface area contributed by atoms with Gasteiger partial charge in [0.05, 0.1) is 17.6 Å². The summed E-state index contributed by atoms with van der Waals surface area (Å²) in [4.78, 5) is 0. The van der Waals surface area contributed by atoms with Crippen molar-refractivity contribution in [3.8, 4) is 11.4 Å². The zero-order chi connectivity index (χ0) is 14.5. The Bertz CT molecular complexity index is 578. The number of tetrazole rings is 1. The maximum atomic E-state index is 11.9. The van der Waals surface area contributed by atoms with Crippen LogP contribution in [-0.4, -0.2) is 39.8 Å². The molecule has 1 aromatic heterocycles. The molecule has 2 N–H and O–H groups in total. The van der Waals surface area contributed by atoms with E-state index in [2.05, 4.69) is 31.5 Å². The summed E-state index contributed by atoms with van der Waals surface area (Å²) in [5.41, 5.74) is 7.09. The molecule has 2 aromatic rings. The lowest BCUT2D eigenvalue weighted by molar-refractivity contribution is 0.0140. The lowest BCUT2D eigenvalue weighted by Crippen LogP contribution is -2.12. The average molecular weight is 348 g/mol. The second-order valence-electron chi connectivity index (χ2n) is 3.90. The van der Waals surface area contributed by atoms with Crippen LogP contribution in [-0.2, 0) is 11.3 Å². The quantitative estimate of drug-likeness (QED) is 0.638. The zero-order valence-corrected chi connectivity index (χ0v) is 11.9. The third kappa shape index (κ3) is 3.48. The molecule has 1 aromatic carbocycles. The smallest absolute Gasteiger partial charge is 0.261 e. The largest absolute Gasteiger partial charge is 0.398 e. The molecule has 0 radical (unpaired) electrons. The Morgan fingerprint density at radius 2 is 2.20 bits per heavy atom. The molecular weight excluding hydrogens is 336 g/mol. The molecule has 0 aliphatic heterocycles. The van der Waals surface area contributed by atoms with Crippen LogP contribution in [0.5, 0.6) is 0 Å². The predicted molar refractivity (Wildman–Crippen MR) is 72.2 cm³/mol. The molecule has 0 aliphatic rings. The number of aromatic nitrogens is 4. The van der Waals surface area contributed by atoms with Crippen molar-refractivity contribution in [2.45, 2.75) is 13.0 Å². The fourth-order valence-corrected chi connectivity index (χ4v) is 2.04. The maximum absolute atomic E-state index is 11.9. The molecule has 0 unspecified atom stereocenters. The van der Waals surface area contributed by atoms with Crippen molar-refractivity contribution in [3.05, 3.63) is 22.7 Å². The number of nitrogen functional groups attached to an aromatic ring is 1. The van der Waals surface area contributed by atoms with Crippen LogP contribution in [0.4, 0.5) is 14.5 Å². The van der Waals surface area contributed by atoms with E-state index >= 15 is 0 Å². The maximum Gasteiger partial charge on any atom is 0.261 e. The molecule has 6 nitrogen and oxygen atoms in total. The fourth-order valence-electron chi connectivity index (χ4n) is 1.59. The van der Waals surface area contributed by atoms with E-state index in [0.29, 0.717) is 16.0 Å². The van der Waals surface area contributed by atoms with Gasteiger partial charge in [-0.3, -0.25) is 0 Å². The molecule has 108 valence electrons. The molecule has 0 aliphatic carbocycles. The highest BCUT2D eigenvalue weighted by Gasteiger charge is 2.13. The lowest BCUT2D eigenvalue weighted by Gasteiger charge is -2.08. The van der Waals surface area contributed by atoms with Gasteiger partial charge in [-0.25, -0.2) is 13.5 Å². The van der Waals surface area contributed by atoms with Crippen molar-refractivity contribution < 1.29 is 13.5 Å². The lowest BCUT2D eigenvalue weighted by atomic mass is 10.2. The second-order valence-corrected chi connectivity index (χ2v) is 4.69. The molecule has 0 saturated heterocycles. The summed E-state index contributed by atoms with van der Waals surface area (Å²) in [5.74, 6) is 0.491. The Hall–Kier alpha value is -1.61. The molecule has 0 bridgehead atoms. The van der Waals surface area contributed by atoms with Crippen molar-refractivity contribution in [3.63, 3.8) is 0 Å². The van der Waals surface area contributed by atoms with E-state index in [1.807, 2.05) is 6.07 Å². The number of alkyl halides is 2. The van der Waals surface area contributed by atoms with Crippen LogP contribution in [0, 0.1) is 0 Å². The number of hydrogen-bond donors (Lipinski definition) is 1. The SMILES string of the molecule is Nc1cccc(-c2nnnn2CCOCC(F)F)c1Br. The van der Waals surface area contributed by atoms with Crippen LogP contribution in [0.25, 0.3) is 11.4 Å². The van der Waals surface area contributed by atoms with Crippen molar-refractivity contribution in [2.24, 2.45) is 0 Å². The number of rotatable bonds is 6. The zero-order valence-electron chi connectivity index (χ0n) is 10.3. The molecule has 0 atom stereocenters. The summed E-state index contributed by atoms with van der Waals surface area (Å²) in [5, 5.41) is 11.3. The summed E-state index contributed by atoms with van der Waals surface area (Å²) in [6.45, 7) is -0.224. The van der Waals surface area contributed by atoms with Gasteiger partial charge in [0.15, 0.2) is 5.82 Å². The molecule has 0 fully saturated rings. The third-order valence-corrected chi connectivity index (χ3v) is 3.38. The Kier molecular flexibility index (Phi) is 4.96. The van der Waals surface area contributed by atoms with E-state index < -0.39 is 13.0 Å². The number of ether oxygens (including phenoxy) is 1. The summed E-state index contributed by atoms with van der Waals surface area (Å²) in [6.07, 6.45) is -2.48. The molecular formula is C11H12BrF2N5O. The van der Waals surface area contributed by atoms with E-state index in [0.717, 1.165) is 5.56 Å². The Morgan fingerprint density at radius 3 is 2.95 bits per heavy atom. The normalized spacial score (nSPS) is 11.2. The van der Waals surface area contributed by atoms with Gasteiger partial charge in [0.1, 0.15) is 6.61 Å². The summed E-state index contributed by atoms with van der Waals surface area (Å²) in [7, 11) is 0. The Balaban J connectivity index is 2.10. The number of benzene rings is 1. The predicted octanol–water partition coefficient (Wildman–Crippen LogP) is 1.97. The van der Waals surface area contributed by atoms with Crippen LogP contribution in [0.15, 0.2) is 22.7 Å². The Morgan fingerprint density at radius 1 is 1.40 bits per heavy atom. The van der Waals surface area contributed by atoms with Gasteiger partial charge in [0.2, 0.25) is 0 Å². The number of hydrogen-bond acceptors (Lipinski definition) is 5. The van der Waals surface area contributed by atoms with Crippen molar-refractivity contribution in [2.75, 3.05) is 18.9 Å². The van der Waals surface area contributed by atoms with Crippen molar-refractivity contribution in [1.29, 1.82) is 0 Å². The minimum atomic E-state index is -2.48. The first-order valence-corrected chi connectivity index (χ1v) is 6.55. The highest BCUT2D eigenvalue weighted by Crippen LogP contribution is 2.30. The molecule has 9 heteroatoms. The van der Waals surface area contributed by atoms with E-state index in [1.54, 1.807) is 12.1 Å². The summed E-state index contributed by atoms with van der Waals surface area (Å²) in [6, 6.07) is 5.33. The van der Waals surface area contributed by atoms with E-state index in [4.69, 9.17) is 10.5 Å². The number of nitrogens with two attached hydrogens (primary N) is 1. The van der Waals surface area contributed by atoms with E-state index in [9.17, 15) is 8.78 Å². The number of halogens is 3.